The van der Waals surface area contributed by atoms with Crippen LogP contribution in [0.1, 0.15) is 18.1 Å². The summed E-state index contributed by atoms with van der Waals surface area (Å²) in [5, 5.41) is 4.98. The first-order valence-corrected chi connectivity index (χ1v) is 9.07. The summed E-state index contributed by atoms with van der Waals surface area (Å²) < 4.78 is 18.5. The number of imide groups is 1. The Morgan fingerprint density at radius 2 is 2.00 bits per heavy atom. The number of methoxy groups -OCH3 is 1. The fourth-order valence-corrected chi connectivity index (χ4v) is 3.32. The second-order valence-corrected chi connectivity index (χ2v) is 7.22. The molecule has 1 fully saturated rings. The zero-order valence-corrected chi connectivity index (χ0v) is 16.8. The summed E-state index contributed by atoms with van der Waals surface area (Å²) in [7, 11) is 1.54. The highest BCUT2D eigenvalue weighted by Gasteiger charge is 2.49. The van der Waals surface area contributed by atoms with Gasteiger partial charge in [0.25, 0.3) is 5.91 Å². The van der Waals surface area contributed by atoms with E-state index in [1.165, 1.54) is 12.1 Å². The van der Waals surface area contributed by atoms with Crippen LogP contribution in [0.5, 0.6) is 5.75 Å². The van der Waals surface area contributed by atoms with Crippen molar-refractivity contribution in [2.45, 2.75) is 19.4 Å². The molecule has 4 amide bonds. The van der Waals surface area contributed by atoms with Gasteiger partial charge in [-0.3, -0.25) is 14.5 Å². The lowest BCUT2D eigenvalue weighted by molar-refractivity contribution is -0.133. The fourth-order valence-electron chi connectivity index (χ4n) is 3.14. The van der Waals surface area contributed by atoms with Gasteiger partial charge in [0.2, 0.25) is 5.91 Å². The molecule has 2 aromatic rings. The predicted octanol–water partition coefficient (Wildman–Crippen LogP) is 3.20. The van der Waals surface area contributed by atoms with Crippen LogP contribution < -0.4 is 15.4 Å². The first-order valence-electron chi connectivity index (χ1n) is 8.70. The predicted molar refractivity (Wildman–Crippen MR) is 105 cm³/mol. The fraction of sp³-hybridized carbons (Fsp3) is 0.250. The number of halogens is 2. The van der Waals surface area contributed by atoms with E-state index in [0.29, 0.717) is 11.3 Å². The van der Waals surface area contributed by atoms with Gasteiger partial charge in [0.15, 0.2) is 0 Å². The molecule has 0 saturated carbocycles. The van der Waals surface area contributed by atoms with Crippen LogP contribution in [0.4, 0.5) is 14.9 Å². The summed E-state index contributed by atoms with van der Waals surface area (Å²) in [5.41, 5.74) is 0.315. The maximum Gasteiger partial charge on any atom is 0.325 e. The molecule has 0 aromatic heterocycles. The minimum absolute atomic E-state index is 0.153. The van der Waals surface area contributed by atoms with Crippen LogP contribution in [0.2, 0.25) is 5.02 Å². The minimum atomic E-state index is -1.31. The van der Waals surface area contributed by atoms with Gasteiger partial charge in [0.05, 0.1) is 12.1 Å². The molecule has 2 N–H and O–H groups in total. The smallest absolute Gasteiger partial charge is 0.325 e. The summed E-state index contributed by atoms with van der Waals surface area (Å²) in [6, 6.07) is 8.14. The number of hydrogen-bond acceptors (Lipinski definition) is 4. The molecule has 1 heterocycles. The molecule has 9 heteroatoms. The van der Waals surface area contributed by atoms with Crippen molar-refractivity contribution in [1.29, 1.82) is 0 Å². The van der Waals surface area contributed by atoms with Crippen molar-refractivity contribution in [1.82, 2.24) is 10.2 Å². The summed E-state index contributed by atoms with van der Waals surface area (Å²) in [6.07, 6.45) is 0. The normalized spacial score (nSPS) is 18.6. The van der Waals surface area contributed by atoms with Gasteiger partial charge in [-0.25, -0.2) is 9.18 Å². The number of nitrogens with zero attached hydrogens (tertiary/aromatic N) is 1. The number of carbonyl (C=O) groups excluding carboxylic acids is 3. The Bertz CT molecular complexity index is 1010. The van der Waals surface area contributed by atoms with Gasteiger partial charge in [-0.2, -0.15) is 0 Å². The van der Waals surface area contributed by atoms with E-state index in [-0.39, 0.29) is 10.7 Å². The van der Waals surface area contributed by atoms with E-state index in [0.717, 1.165) is 16.5 Å². The number of benzene rings is 2. The molecule has 3 rings (SSSR count). The molecule has 152 valence electrons. The van der Waals surface area contributed by atoms with E-state index < -0.39 is 35.7 Å². The van der Waals surface area contributed by atoms with Gasteiger partial charge >= 0.3 is 6.03 Å². The van der Waals surface area contributed by atoms with Crippen molar-refractivity contribution in [3.63, 3.8) is 0 Å². The van der Waals surface area contributed by atoms with E-state index in [2.05, 4.69) is 10.6 Å². The lowest BCUT2D eigenvalue weighted by atomic mass is 9.90. The number of hydrogen-bond donors (Lipinski definition) is 2. The van der Waals surface area contributed by atoms with Crippen molar-refractivity contribution in [3.8, 4) is 5.75 Å². The Morgan fingerprint density at radius 3 is 2.62 bits per heavy atom. The number of anilines is 1. The Kier molecular flexibility index (Phi) is 5.48. The summed E-state index contributed by atoms with van der Waals surface area (Å²) >= 11 is 5.69. The first-order chi connectivity index (χ1) is 13.7. The number of aryl methyl sites for hydroxylation is 1. The van der Waals surface area contributed by atoms with E-state index in [9.17, 15) is 18.8 Å². The van der Waals surface area contributed by atoms with Gasteiger partial charge in [-0.15, -0.1) is 0 Å². The topological polar surface area (TPSA) is 87.7 Å². The minimum Gasteiger partial charge on any atom is -0.496 e. The van der Waals surface area contributed by atoms with E-state index >= 15 is 0 Å². The van der Waals surface area contributed by atoms with E-state index in [4.69, 9.17) is 16.3 Å². The summed E-state index contributed by atoms with van der Waals surface area (Å²) in [4.78, 5) is 38.5. The van der Waals surface area contributed by atoms with Crippen LogP contribution in [0.3, 0.4) is 0 Å². The zero-order valence-electron chi connectivity index (χ0n) is 16.0. The van der Waals surface area contributed by atoms with Gasteiger partial charge in [0, 0.05) is 5.69 Å². The van der Waals surface area contributed by atoms with Crippen molar-refractivity contribution in [2.24, 2.45) is 0 Å². The Balaban J connectivity index is 1.76. The van der Waals surface area contributed by atoms with Crippen molar-refractivity contribution in [3.05, 3.63) is 58.4 Å². The summed E-state index contributed by atoms with van der Waals surface area (Å²) in [6.45, 7) is 2.91. The molecule has 2 aromatic carbocycles. The van der Waals surface area contributed by atoms with Gasteiger partial charge in [-0.1, -0.05) is 17.7 Å². The molecule has 1 saturated heterocycles. The first kappa shape index (κ1) is 20.6. The number of urea groups is 1. The second kappa shape index (κ2) is 7.71. The average Bonchev–Trinajstić information content (AvgIpc) is 2.88. The van der Waals surface area contributed by atoms with Crippen molar-refractivity contribution >= 4 is 35.1 Å². The van der Waals surface area contributed by atoms with E-state index in [1.54, 1.807) is 32.2 Å². The second-order valence-electron chi connectivity index (χ2n) is 6.81. The third kappa shape index (κ3) is 3.88. The maximum absolute atomic E-state index is 13.2. The van der Waals surface area contributed by atoms with Gasteiger partial charge < -0.3 is 15.4 Å². The molecule has 1 aliphatic heterocycles. The van der Waals surface area contributed by atoms with Crippen LogP contribution in [0.15, 0.2) is 36.4 Å². The molecule has 0 aliphatic carbocycles. The Morgan fingerprint density at radius 1 is 1.28 bits per heavy atom. The van der Waals surface area contributed by atoms with Crippen LogP contribution >= 0.6 is 11.6 Å². The zero-order chi connectivity index (χ0) is 21.3. The van der Waals surface area contributed by atoms with Crippen LogP contribution in [-0.4, -0.2) is 36.4 Å². The molecular weight excluding hydrogens is 401 g/mol. The maximum atomic E-state index is 13.2. The van der Waals surface area contributed by atoms with Crippen molar-refractivity contribution in [2.75, 3.05) is 19.0 Å². The highest BCUT2D eigenvalue weighted by molar-refractivity contribution is 6.31. The molecule has 0 radical (unpaired) electrons. The lowest BCUT2D eigenvalue weighted by Crippen LogP contribution is -2.42. The molecule has 29 heavy (non-hydrogen) atoms. The van der Waals surface area contributed by atoms with E-state index in [1.807, 2.05) is 6.92 Å². The summed E-state index contributed by atoms with van der Waals surface area (Å²) in [5.74, 6) is -1.14. The molecule has 7 nitrogen and oxygen atoms in total. The molecule has 1 atom stereocenters. The number of rotatable bonds is 5. The monoisotopic (exact) mass is 419 g/mol. The van der Waals surface area contributed by atoms with Crippen LogP contribution in [0, 0.1) is 12.7 Å². The van der Waals surface area contributed by atoms with Gasteiger partial charge in [0.1, 0.15) is 23.7 Å². The Hall–Kier alpha value is -3.13. The standard InChI is InChI=1S/C20H19ClFN3O4/c1-11-8-12(4-7-16(11)29-3)20(2)18(27)25(19(28)24-20)10-17(26)23-13-5-6-15(22)14(21)9-13/h4-9H,10H2,1-3H3,(H,23,26)(H,24,28). The Labute approximate surface area is 171 Å². The van der Waals surface area contributed by atoms with Crippen molar-refractivity contribution < 1.29 is 23.5 Å². The van der Waals surface area contributed by atoms with Crippen LogP contribution in [-0.2, 0) is 15.1 Å². The third-order valence-electron chi connectivity index (χ3n) is 4.75. The third-order valence-corrected chi connectivity index (χ3v) is 5.04. The SMILES string of the molecule is COc1ccc(C2(C)NC(=O)N(CC(=O)Nc3ccc(F)c(Cl)c3)C2=O)cc1C. The molecule has 1 aliphatic rings. The number of amides is 4. The molecule has 0 bridgehead atoms. The quantitative estimate of drug-likeness (QED) is 0.728. The molecule has 1 unspecified atom stereocenters. The van der Waals surface area contributed by atoms with Gasteiger partial charge in [-0.05, 0) is 55.3 Å². The lowest BCUT2D eigenvalue weighted by Gasteiger charge is -2.23. The molecule has 0 spiro atoms. The van der Waals surface area contributed by atoms with Crippen LogP contribution in [0.25, 0.3) is 0 Å². The number of ether oxygens (including phenoxy) is 1. The molecular formula is C20H19ClFN3O4. The largest absolute Gasteiger partial charge is 0.496 e. The number of carbonyl (C=O) groups is 3. The highest BCUT2D eigenvalue weighted by Crippen LogP contribution is 2.31. The highest BCUT2D eigenvalue weighted by atomic mass is 35.5. The number of nitrogens with one attached hydrogen (secondary N) is 2. The average molecular weight is 420 g/mol.